The number of hydrogen-bond donors (Lipinski definition) is 1. The topological polar surface area (TPSA) is 66.1 Å². The number of nitriles is 1. The second kappa shape index (κ2) is 9.12. The molecule has 0 bridgehead atoms. The lowest BCUT2D eigenvalue weighted by molar-refractivity contribution is -0.137. The van der Waals surface area contributed by atoms with E-state index in [2.05, 4.69) is 25.8 Å². The lowest BCUT2D eigenvalue weighted by Crippen LogP contribution is -2.38. The van der Waals surface area contributed by atoms with E-state index < -0.39 is 11.7 Å². The molecule has 0 spiro atoms. The number of aromatic nitrogens is 2. The second-order valence-corrected chi connectivity index (χ2v) is 7.81. The van der Waals surface area contributed by atoms with E-state index >= 15 is 0 Å². The molecule has 1 aliphatic heterocycles. The van der Waals surface area contributed by atoms with Gasteiger partial charge in [0.25, 0.3) is 0 Å². The van der Waals surface area contributed by atoms with Gasteiger partial charge in [0, 0.05) is 37.9 Å². The number of morpholine rings is 1. The van der Waals surface area contributed by atoms with Gasteiger partial charge in [0.15, 0.2) is 0 Å². The van der Waals surface area contributed by atoms with Gasteiger partial charge in [-0.1, -0.05) is 6.08 Å². The van der Waals surface area contributed by atoms with Crippen LogP contribution >= 0.6 is 0 Å². The Balaban J connectivity index is 1.38. The van der Waals surface area contributed by atoms with Crippen LogP contribution in [0.15, 0.2) is 36.8 Å². The highest BCUT2D eigenvalue weighted by Gasteiger charge is 2.34. The van der Waals surface area contributed by atoms with Crippen LogP contribution < -0.4 is 5.32 Å². The summed E-state index contributed by atoms with van der Waals surface area (Å²) in [6.07, 6.45) is 2.64. The predicted molar refractivity (Wildman–Crippen MR) is 110 cm³/mol. The summed E-state index contributed by atoms with van der Waals surface area (Å²) in [6.45, 7) is 5.15. The predicted octanol–water partition coefficient (Wildman–Crippen LogP) is 3.76. The summed E-state index contributed by atoms with van der Waals surface area (Å²) in [4.78, 5) is 6.66. The van der Waals surface area contributed by atoms with Gasteiger partial charge in [0.2, 0.25) is 0 Å². The number of imidazole rings is 1. The van der Waals surface area contributed by atoms with Crippen LogP contribution in [-0.4, -0.2) is 53.3 Å². The molecule has 1 aromatic carbocycles. The van der Waals surface area contributed by atoms with E-state index in [-0.39, 0.29) is 11.6 Å². The fourth-order valence-electron chi connectivity index (χ4n) is 4.08. The molecule has 1 N–H and O–H groups in total. The summed E-state index contributed by atoms with van der Waals surface area (Å²) < 4.78 is 47.2. The van der Waals surface area contributed by atoms with Gasteiger partial charge in [-0.2, -0.15) is 18.4 Å². The van der Waals surface area contributed by atoms with Crippen LogP contribution in [-0.2, 0) is 17.5 Å². The van der Waals surface area contributed by atoms with Crippen LogP contribution in [0.25, 0.3) is 5.57 Å². The van der Waals surface area contributed by atoms with Crippen molar-refractivity contribution >= 4 is 11.3 Å². The molecule has 1 aliphatic carbocycles. The fourth-order valence-corrected chi connectivity index (χ4v) is 4.08. The fraction of sp³-hybridized carbons (Fsp3) is 0.455. The maximum atomic E-state index is 13.2. The Morgan fingerprint density at radius 1 is 1.23 bits per heavy atom. The molecule has 6 nitrogen and oxygen atoms in total. The molecule has 1 fully saturated rings. The number of halogens is 3. The van der Waals surface area contributed by atoms with Crippen molar-refractivity contribution in [2.75, 3.05) is 38.2 Å². The molecule has 0 saturated carbocycles. The number of nitrogens with zero attached hydrogens (tertiary/aromatic N) is 4. The first kappa shape index (κ1) is 21.4. The van der Waals surface area contributed by atoms with Crippen molar-refractivity contribution in [3.8, 4) is 6.07 Å². The number of benzene rings is 1. The normalized spacial score (nSPS) is 19.8. The Kier molecular flexibility index (Phi) is 6.30. The molecule has 2 aromatic rings. The van der Waals surface area contributed by atoms with Gasteiger partial charge in [-0.05, 0) is 36.6 Å². The molecule has 9 heteroatoms. The van der Waals surface area contributed by atoms with E-state index in [0.717, 1.165) is 56.7 Å². The number of ether oxygens (including phenoxy) is 1. The summed E-state index contributed by atoms with van der Waals surface area (Å²) in [5.41, 5.74) is 1.28. The zero-order valence-electron chi connectivity index (χ0n) is 17.0. The molecule has 4 rings (SSSR count). The molecule has 2 aliphatic rings. The summed E-state index contributed by atoms with van der Waals surface area (Å²) in [5.74, 6) is 0. The van der Waals surface area contributed by atoms with Crippen molar-refractivity contribution in [3.05, 3.63) is 53.6 Å². The number of alkyl halides is 3. The van der Waals surface area contributed by atoms with Crippen LogP contribution in [0.5, 0.6) is 0 Å². The van der Waals surface area contributed by atoms with E-state index in [0.29, 0.717) is 18.5 Å². The zero-order chi connectivity index (χ0) is 21.8. The van der Waals surface area contributed by atoms with E-state index in [1.54, 1.807) is 6.07 Å². The molecule has 0 amide bonds. The summed E-state index contributed by atoms with van der Waals surface area (Å²) in [5, 5.41) is 12.1. The molecule has 31 heavy (non-hydrogen) atoms. The van der Waals surface area contributed by atoms with Gasteiger partial charge >= 0.3 is 6.18 Å². The molecular formula is C22H24F3N5O. The molecular weight excluding hydrogens is 407 g/mol. The monoisotopic (exact) mass is 431 g/mol. The van der Waals surface area contributed by atoms with Crippen LogP contribution in [0.3, 0.4) is 0 Å². The summed E-state index contributed by atoms with van der Waals surface area (Å²) >= 11 is 0. The number of hydrogen-bond acceptors (Lipinski definition) is 5. The molecule has 0 radical (unpaired) electrons. The van der Waals surface area contributed by atoms with Crippen molar-refractivity contribution in [1.29, 1.82) is 5.26 Å². The zero-order valence-corrected chi connectivity index (χ0v) is 17.0. The number of nitrogens with one attached hydrogen (secondary N) is 1. The van der Waals surface area contributed by atoms with E-state index in [4.69, 9.17) is 10.00 Å². The van der Waals surface area contributed by atoms with Crippen molar-refractivity contribution in [3.63, 3.8) is 0 Å². The van der Waals surface area contributed by atoms with E-state index in [9.17, 15) is 13.2 Å². The Morgan fingerprint density at radius 3 is 2.77 bits per heavy atom. The first-order valence-electron chi connectivity index (χ1n) is 10.3. The molecule has 1 aromatic heterocycles. The van der Waals surface area contributed by atoms with E-state index in [1.807, 2.05) is 12.5 Å². The quantitative estimate of drug-likeness (QED) is 0.755. The highest BCUT2D eigenvalue weighted by atomic mass is 19.4. The maximum absolute atomic E-state index is 13.2. The Labute approximate surface area is 178 Å². The van der Waals surface area contributed by atoms with E-state index in [1.165, 1.54) is 12.1 Å². The van der Waals surface area contributed by atoms with Gasteiger partial charge in [0.05, 0.1) is 48.6 Å². The van der Waals surface area contributed by atoms with Crippen LogP contribution in [0.2, 0.25) is 0 Å². The number of rotatable bonds is 6. The van der Waals surface area contributed by atoms with Crippen LogP contribution in [0, 0.1) is 11.3 Å². The average molecular weight is 431 g/mol. The minimum Gasteiger partial charge on any atom is -0.382 e. The third-order valence-electron chi connectivity index (χ3n) is 5.73. The minimum atomic E-state index is -4.56. The largest absolute Gasteiger partial charge is 0.417 e. The Bertz CT molecular complexity index is 986. The van der Waals surface area contributed by atoms with Gasteiger partial charge in [-0.15, -0.1) is 0 Å². The van der Waals surface area contributed by atoms with Gasteiger partial charge < -0.3 is 14.6 Å². The molecule has 1 atom stereocenters. The lowest BCUT2D eigenvalue weighted by Gasteiger charge is -2.26. The van der Waals surface area contributed by atoms with Gasteiger partial charge in [-0.25, -0.2) is 4.98 Å². The van der Waals surface area contributed by atoms with Crippen molar-refractivity contribution in [1.82, 2.24) is 14.5 Å². The maximum Gasteiger partial charge on any atom is 0.417 e. The Hall–Kier alpha value is -2.83. The van der Waals surface area contributed by atoms with Crippen LogP contribution in [0.1, 0.15) is 29.7 Å². The molecule has 2 heterocycles. The molecule has 1 unspecified atom stereocenters. The number of anilines is 1. The van der Waals surface area contributed by atoms with Crippen molar-refractivity contribution in [2.24, 2.45) is 0 Å². The third kappa shape index (κ3) is 5.09. The SMILES string of the molecule is N#Cc1ccc(NC2CC=C(c3cncn3CCN3CCOCC3)C2)cc1C(F)(F)F. The second-order valence-electron chi connectivity index (χ2n) is 7.81. The third-order valence-corrected chi connectivity index (χ3v) is 5.73. The van der Waals surface area contributed by atoms with Gasteiger partial charge in [0.1, 0.15) is 0 Å². The summed E-state index contributed by atoms with van der Waals surface area (Å²) in [6, 6.07) is 5.37. The average Bonchev–Trinajstić information content (AvgIpc) is 3.41. The van der Waals surface area contributed by atoms with Crippen molar-refractivity contribution < 1.29 is 17.9 Å². The molecule has 164 valence electrons. The standard InChI is InChI=1S/C22H24F3N5O/c23-22(24,25)20-12-19(4-2-17(20)13-26)28-18-3-1-16(11-18)21-14-27-15-30(21)6-5-29-7-9-31-10-8-29/h1-2,4,12,14-15,18,28H,3,5-11H2. The van der Waals surface area contributed by atoms with Crippen LogP contribution in [0.4, 0.5) is 18.9 Å². The Morgan fingerprint density at radius 2 is 2.03 bits per heavy atom. The highest BCUT2D eigenvalue weighted by molar-refractivity contribution is 5.67. The smallest absolute Gasteiger partial charge is 0.382 e. The first-order chi connectivity index (χ1) is 14.9. The summed E-state index contributed by atoms with van der Waals surface area (Å²) in [7, 11) is 0. The van der Waals surface area contributed by atoms with Gasteiger partial charge in [-0.3, -0.25) is 4.90 Å². The van der Waals surface area contributed by atoms with Crippen molar-refractivity contribution in [2.45, 2.75) is 31.6 Å². The first-order valence-corrected chi connectivity index (χ1v) is 10.3. The minimum absolute atomic E-state index is 0.00777. The lowest BCUT2D eigenvalue weighted by atomic mass is 10.1. The molecule has 1 saturated heterocycles. The highest BCUT2D eigenvalue weighted by Crippen LogP contribution is 2.35.